The molecule has 0 bridgehead atoms. The number of ether oxygens (including phenoxy) is 2. The molecule has 1 spiro atoms. The van der Waals surface area contributed by atoms with Crippen LogP contribution in [0.5, 0.6) is 0 Å². The van der Waals surface area contributed by atoms with Crippen LogP contribution in [0.15, 0.2) is 140 Å². The quantitative estimate of drug-likeness (QED) is 0.0393. The lowest BCUT2D eigenvalue weighted by molar-refractivity contribution is -0.143. The second-order valence-corrected chi connectivity index (χ2v) is 26.6. The van der Waals surface area contributed by atoms with E-state index in [0.717, 1.165) is 65.2 Å². The van der Waals surface area contributed by atoms with Crippen LogP contribution in [0.4, 0.5) is 46.9 Å². The minimum absolute atomic E-state index is 0.0318. The number of nitrogens with one attached hydrogen (secondary N) is 1. The van der Waals surface area contributed by atoms with Crippen LogP contribution >= 0.6 is 11.6 Å². The van der Waals surface area contributed by atoms with Crippen molar-refractivity contribution in [2.45, 2.75) is 106 Å². The zero-order valence-corrected chi connectivity index (χ0v) is 56.1. The van der Waals surface area contributed by atoms with E-state index in [4.69, 9.17) is 21.1 Å². The summed E-state index contributed by atoms with van der Waals surface area (Å²) in [6, 6.07) is 36.8. The third kappa shape index (κ3) is 17.5. The number of unbranched alkanes of at least 4 members (excludes halogenated alkanes) is 2. The Kier molecular flexibility index (Phi) is 23.6. The molecule has 3 heterocycles. The predicted molar refractivity (Wildman–Crippen MR) is 360 cm³/mol. The van der Waals surface area contributed by atoms with E-state index in [9.17, 15) is 59.8 Å². The summed E-state index contributed by atoms with van der Waals surface area (Å²) in [6.45, 7) is 4.91. The lowest BCUT2D eigenvalue weighted by Crippen LogP contribution is -2.50. The number of carbonyl (C=O) groups excluding carboxylic acids is 4. The van der Waals surface area contributed by atoms with Crippen LogP contribution in [0, 0.1) is 5.82 Å². The summed E-state index contributed by atoms with van der Waals surface area (Å²) >= 11 is 6.68. The summed E-state index contributed by atoms with van der Waals surface area (Å²) < 4.78 is 110. The highest BCUT2D eigenvalue weighted by Gasteiger charge is 2.50. The first-order chi connectivity index (χ1) is 46.8. The standard InChI is InChI=1S/C74H84ClF7N8O8/c1-84(34-14-35-86(3)69(94)61-27-26-58(47-63(61)75)83-33-13-5-8-21-66(91)85(2)41-42-87-36-28-59(29-37-87)90(70(95)96)64-20-12-10-18-60(64)51-15-6-4-7-16-51)67(92)48-97-65-45-52-17-9-11-19-62(52)71(65)30-38-88(39-31-71)40-32-72(54-22-24-57(76)25-23-54)49-89(50-98-72)68(93)53-43-55(73(77,78)79)46-56(44-53)74(80,81)82/h4,6-7,9-12,15-20,22-27,43-44,46-47,59,65,83H,5,8,13-14,21,28-42,45,48-50H2,1-3H3,(H,95,96)/t65-,72+/m0/s1. The molecule has 5 amide bonds. The Bertz CT molecular complexity index is 3730. The van der Waals surface area contributed by atoms with Crippen LogP contribution in [0.2, 0.25) is 5.02 Å². The molecule has 6 aromatic carbocycles. The molecular formula is C74H84ClF7N8O8. The third-order valence-electron chi connectivity index (χ3n) is 19.9. The van der Waals surface area contributed by atoms with Crippen molar-refractivity contribution in [1.82, 2.24) is 29.4 Å². The van der Waals surface area contributed by atoms with E-state index in [1.807, 2.05) is 79.8 Å². The van der Waals surface area contributed by atoms with Gasteiger partial charge in [-0.1, -0.05) is 103 Å². The van der Waals surface area contributed by atoms with Gasteiger partial charge in [0.25, 0.3) is 11.8 Å². The zero-order valence-electron chi connectivity index (χ0n) is 55.4. The van der Waals surface area contributed by atoms with Crippen molar-refractivity contribution in [2.24, 2.45) is 0 Å². The number of benzene rings is 6. The molecule has 3 aliphatic heterocycles. The highest BCUT2D eigenvalue weighted by Crippen LogP contribution is 2.49. The smallest absolute Gasteiger partial charge is 0.416 e. The van der Waals surface area contributed by atoms with E-state index in [-0.39, 0.29) is 55.5 Å². The van der Waals surface area contributed by atoms with E-state index in [2.05, 4.69) is 27.2 Å². The van der Waals surface area contributed by atoms with Gasteiger partial charge in [-0.15, -0.1) is 0 Å². The average Bonchev–Trinajstić information content (AvgIpc) is 1.59. The first kappa shape index (κ1) is 72.6. The van der Waals surface area contributed by atoms with Crippen molar-refractivity contribution < 1.29 is 69.3 Å². The Morgan fingerprint density at radius 2 is 1.34 bits per heavy atom. The van der Waals surface area contributed by atoms with E-state index >= 15 is 0 Å². The van der Waals surface area contributed by atoms with Crippen LogP contribution in [-0.4, -0.2) is 183 Å². The molecule has 4 aliphatic rings. The second-order valence-electron chi connectivity index (χ2n) is 26.2. The number of alkyl halides is 6. The molecule has 2 atom stereocenters. The zero-order chi connectivity index (χ0) is 69.9. The average molecular weight is 1380 g/mol. The lowest BCUT2D eigenvalue weighted by Gasteiger charge is -2.44. The van der Waals surface area contributed by atoms with Crippen LogP contribution in [0.25, 0.3) is 11.1 Å². The number of para-hydroxylation sites is 1. The number of anilines is 2. The third-order valence-corrected chi connectivity index (χ3v) is 20.2. The van der Waals surface area contributed by atoms with Crippen molar-refractivity contribution >= 4 is 52.7 Å². The number of fused-ring (bicyclic) bond motifs is 2. The molecule has 0 saturated carbocycles. The Morgan fingerprint density at radius 3 is 2.02 bits per heavy atom. The van der Waals surface area contributed by atoms with Gasteiger partial charge in [-0.25, -0.2) is 9.18 Å². The number of carboxylic acid groups (broad SMARTS) is 1. The number of piperidine rings is 2. The number of halogens is 8. The second kappa shape index (κ2) is 31.8. The summed E-state index contributed by atoms with van der Waals surface area (Å²) in [7, 11) is 5.22. The molecule has 98 heavy (non-hydrogen) atoms. The summed E-state index contributed by atoms with van der Waals surface area (Å²) in [4.78, 5) is 78.8. The fourth-order valence-electron chi connectivity index (χ4n) is 14.2. The lowest BCUT2D eigenvalue weighted by atomic mass is 9.72. The number of rotatable bonds is 26. The first-order valence-electron chi connectivity index (χ1n) is 33.4. The minimum atomic E-state index is -5.15. The van der Waals surface area contributed by atoms with Crippen LogP contribution in [-0.2, 0) is 48.9 Å². The fraction of sp³-hybridized carbons (Fsp3) is 0.446. The molecule has 6 aromatic rings. The van der Waals surface area contributed by atoms with E-state index in [1.54, 1.807) is 40.9 Å². The molecular weight excluding hydrogens is 1300 g/mol. The van der Waals surface area contributed by atoms with Crippen LogP contribution in [0.1, 0.15) is 113 Å². The monoisotopic (exact) mass is 1380 g/mol. The van der Waals surface area contributed by atoms with Crippen LogP contribution < -0.4 is 10.2 Å². The Labute approximate surface area is 572 Å². The largest absolute Gasteiger partial charge is 0.465 e. The van der Waals surface area contributed by atoms with Crippen molar-refractivity contribution in [3.05, 3.63) is 189 Å². The SMILES string of the molecule is CN(CCN1CCC(N(C(=O)O)c2ccccc2-c2ccccc2)CC1)C(=O)CCCCCNc1ccc(C(=O)N(C)CCCN(C)C(=O)CO[C@H]2Cc3ccccc3C23CCN(CC[C@]2(c4ccc(F)cc4)CN(C(=O)c4cc(C(F)(F)F)cc(C(F)(F)F)c4)CO2)CC3)c(Cl)c1. The van der Waals surface area contributed by atoms with Gasteiger partial charge >= 0.3 is 18.4 Å². The maximum atomic E-state index is 14.2. The topological polar surface area (TPSA) is 159 Å². The fourth-order valence-corrected chi connectivity index (χ4v) is 14.4. The molecule has 0 aromatic heterocycles. The number of likely N-dealkylation sites (N-methyl/N-ethyl adjacent to an activating group) is 2. The number of amides is 5. The molecule has 16 nitrogen and oxygen atoms in total. The van der Waals surface area contributed by atoms with Gasteiger partial charge in [0.15, 0.2) is 0 Å². The summed E-state index contributed by atoms with van der Waals surface area (Å²) in [5.74, 6) is -2.01. The van der Waals surface area contributed by atoms with Gasteiger partial charge < -0.3 is 49.3 Å². The molecule has 0 radical (unpaired) electrons. The Balaban J connectivity index is 0.623. The van der Waals surface area contributed by atoms with Crippen LogP contribution in [0.3, 0.4) is 0 Å². The molecule has 10 rings (SSSR count). The maximum Gasteiger partial charge on any atom is 0.416 e. The molecule has 3 saturated heterocycles. The first-order valence-corrected chi connectivity index (χ1v) is 33.8. The highest BCUT2D eigenvalue weighted by molar-refractivity contribution is 6.34. The van der Waals surface area contributed by atoms with Crippen molar-refractivity contribution in [2.75, 3.05) is 117 Å². The number of nitrogens with zero attached hydrogens (tertiary/aromatic N) is 7. The summed E-state index contributed by atoms with van der Waals surface area (Å²) in [6.07, 6.45) is -4.72. The van der Waals surface area contributed by atoms with Crippen molar-refractivity contribution in [3.8, 4) is 11.1 Å². The molecule has 524 valence electrons. The molecule has 3 fully saturated rings. The number of hydrogen-bond donors (Lipinski definition) is 2. The van der Waals surface area contributed by atoms with Gasteiger partial charge in [-0.2, -0.15) is 26.3 Å². The van der Waals surface area contributed by atoms with E-state index in [1.165, 1.54) is 29.2 Å². The Hall–Kier alpha value is -8.09. The molecule has 1 aliphatic carbocycles. The van der Waals surface area contributed by atoms with Gasteiger partial charge in [0, 0.05) is 108 Å². The van der Waals surface area contributed by atoms with Gasteiger partial charge in [-0.3, -0.25) is 24.1 Å². The number of hydrogen-bond acceptors (Lipinski definition) is 10. The van der Waals surface area contributed by atoms with Gasteiger partial charge in [-0.05, 0) is 148 Å². The Morgan fingerprint density at radius 1 is 0.694 bits per heavy atom. The van der Waals surface area contributed by atoms with E-state index in [0.29, 0.717) is 131 Å². The number of carbonyl (C=O) groups is 5. The maximum absolute atomic E-state index is 14.2. The number of likely N-dealkylation sites (tertiary alicyclic amines) is 2. The summed E-state index contributed by atoms with van der Waals surface area (Å²) in [5, 5.41) is 14.0. The van der Waals surface area contributed by atoms with E-state index < -0.39 is 64.6 Å². The molecule has 2 N–H and O–H groups in total. The molecule has 0 unspecified atom stereocenters. The summed E-state index contributed by atoms with van der Waals surface area (Å²) in [5.41, 5.74) is 0.698. The highest BCUT2D eigenvalue weighted by atomic mass is 35.5. The predicted octanol–water partition coefficient (Wildman–Crippen LogP) is 13.6. The van der Waals surface area contributed by atoms with Gasteiger partial charge in [0.05, 0.1) is 40.0 Å². The van der Waals surface area contributed by atoms with Gasteiger partial charge in [0.2, 0.25) is 11.8 Å². The minimum Gasteiger partial charge on any atom is -0.465 e. The van der Waals surface area contributed by atoms with Crippen molar-refractivity contribution in [1.29, 1.82) is 0 Å². The van der Waals surface area contributed by atoms with Gasteiger partial charge in [0.1, 0.15) is 24.8 Å². The normalized spacial score (nSPS) is 18.2. The molecule has 24 heteroatoms. The van der Waals surface area contributed by atoms with Crippen molar-refractivity contribution in [3.63, 3.8) is 0 Å².